The molecule has 0 bridgehead atoms. The summed E-state index contributed by atoms with van der Waals surface area (Å²) in [6.07, 6.45) is 3.50. The zero-order chi connectivity index (χ0) is 14.4. The zero-order valence-electron chi connectivity index (χ0n) is 11.9. The monoisotopic (exact) mass is 277 g/mol. The Morgan fingerprint density at radius 3 is 2.85 bits per heavy atom. The van der Waals surface area contributed by atoms with Gasteiger partial charge in [-0.25, -0.2) is 4.39 Å². The molecule has 0 fully saturated rings. The molecule has 0 aliphatic rings. The van der Waals surface area contributed by atoms with Gasteiger partial charge in [0, 0.05) is 24.6 Å². The third kappa shape index (κ3) is 3.84. The molecule has 1 aromatic carbocycles. The Labute approximate surface area is 118 Å². The molecule has 0 spiro atoms. The van der Waals surface area contributed by atoms with E-state index in [1.165, 1.54) is 7.11 Å². The van der Waals surface area contributed by atoms with Crippen molar-refractivity contribution in [2.24, 2.45) is 0 Å². The Bertz CT molecular complexity index is 525. The quantitative estimate of drug-likeness (QED) is 0.840. The molecule has 0 saturated carbocycles. The maximum absolute atomic E-state index is 14.0. The molecule has 1 atom stereocenters. The molecule has 1 N–H and O–H groups in total. The van der Waals surface area contributed by atoms with Gasteiger partial charge in [-0.15, -0.1) is 0 Å². The van der Waals surface area contributed by atoms with Crippen LogP contribution in [0.2, 0.25) is 0 Å². The van der Waals surface area contributed by atoms with Gasteiger partial charge in [0.1, 0.15) is 5.76 Å². The predicted octanol–water partition coefficient (Wildman–Crippen LogP) is 3.54. The third-order valence-electron chi connectivity index (χ3n) is 3.31. The number of aryl methyl sites for hydroxylation is 1. The molecule has 0 aliphatic heterocycles. The summed E-state index contributed by atoms with van der Waals surface area (Å²) in [5.74, 6) is 0.972. The molecule has 0 amide bonds. The van der Waals surface area contributed by atoms with Gasteiger partial charge in [0.2, 0.25) is 0 Å². The molecule has 0 radical (unpaired) electrons. The molecule has 0 saturated heterocycles. The van der Waals surface area contributed by atoms with Crippen LogP contribution in [0.3, 0.4) is 0 Å². The van der Waals surface area contributed by atoms with Crippen molar-refractivity contribution < 1.29 is 13.5 Å². The number of halogens is 1. The molecular weight excluding hydrogens is 257 g/mol. The topological polar surface area (TPSA) is 34.4 Å². The number of benzene rings is 1. The number of ether oxygens (including phenoxy) is 1. The van der Waals surface area contributed by atoms with E-state index in [0.29, 0.717) is 12.1 Å². The third-order valence-corrected chi connectivity index (χ3v) is 3.31. The van der Waals surface area contributed by atoms with Gasteiger partial charge < -0.3 is 14.5 Å². The number of methoxy groups -OCH3 is 1. The van der Waals surface area contributed by atoms with Gasteiger partial charge >= 0.3 is 0 Å². The number of furan rings is 1. The summed E-state index contributed by atoms with van der Waals surface area (Å²) in [5, 5.41) is 3.32. The van der Waals surface area contributed by atoms with E-state index in [2.05, 4.69) is 12.2 Å². The first-order valence-electron chi connectivity index (χ1n) is 6.78. The van der Waals surface area contributed by atoms with Crippen molar-refractivity contribution in [2.75, 3.05) is 7.11 Å². The SMILES string of the molecule is COc1cccc(CNC(C)CCc2ccco2)c1F. The highest BCUT2D eigenvalue weighted by Gasteiger charge is 2.09. The highest BCUT2D eigenvalue weighted by Crippen LogP contribution is 2.19. The minimum Gasteiger partial charge on any atom is -0.494 e. The highest BCUT2D eigenvalue weighted by atomic mass is 19.1. The molecule has 0 aliphatic carbocycles. The second-order valence-corrected chi connectivity index (χ2v) is 4.83. The highest BCUT2D eigenvalue weighted by molar-refractivity contribution is 5.30. The molecule has 1 heterocycles. The lowest BCUT2D eigenvalue weighted by Gasteiger charge is -2.14. The van der Waals surface area contributed by atoms with Gasteiger partial charge in [-0.3, -0.25) is 0 Å². The number of hydrogen-bond donors (Lipinski definition) is 1. The molecular formula is C16H20FNO2. The summed E-state index contributed by atoms with van der Waals surface area (Å²) in [6, 6.07) is 9.33. The van der Waals surface area contributed by atoms with E-state index >= 15 is 0 Å². The van der Waals surface area contributed by atoms with E-state index in [4.69, 9.17) is 9.15 Å². The van der Waals surface area contributed by atoms with Crippen LogP contribution in [0.4, 0.5) is 4.39 Å². The van der Waals surface area contributed by atoms with Crippen molar-refractivity contribution in [3.63, 3.8) is 0 Å². The largest absolute Gasteiger partial charge is 0.494 e. The molecule has 1 aromatic heterocycles. The predicted molar refractivity (Wildman–Crippen MR) is 76.3 cm³/mol. The lowest BCUT2D eigenvalue weighted by molar-refractivity contribution is 0.382. The number of rotatable bonds is 7. The van der Waals surface area contributed by atoms with Gasteiger partial charge in [0.05, 0.1) is 13.4 Å². The van der Waals surface area contributed by atoms with Crippen molar-refractivity contribution >= 4 is 0 Å². The summed E-state index contributed by atoms with van der Waals surface area (Å²) < 4.78 is 24.2. The Hall–Kier alpha value is -1.81. The van der Waals surface area contributed by atoms with Gasteiger partial charge in [-0.1, -0.05) is 12.1 Å². The van der Waals surface area contributed by atoms with Crippen molar-refractivity contribution in [1.29, 1.82) is 0 Å². The van der Waals surface area contributed by atoms with E-state index in [1.807, 2.05) is 12.1 Å². The first-order valence-corrected chi connectivity index (χ1v) is 6.78. The molecule has 4 heteroatoms. The Morgan fingerprint density at radius 2 is 2.15 bits per heavy atom. The maximum atomic E-state index is 14.0. The van der Waals surface area contributed by atoms with Crippen molar-refractivity contribution in [3.05, 3.63) is 53.7 Å². The van der Waals surface area contributed by atoms with E-state index in [-0.39, 0.29) is 17.6 Å². The van der Waals surface area contributed by atoms with Crippen LogP contribution in [0.5, 0.6) is 5.75 Å². The van der Waals surface area contributed by atoms with Gasteiger partial charge in [-0.2, -0.15) is 0 Å². The molecule has 3 nitrogen and oxygen atoms in total. The lowest BCUT2D eigenvalue weighted by Crippen LogP contribution is -2.26. The normalized spacial score (nSPS) is 12.3. The van der Waals surface area contributed by atoms with E-state index in [9.17, 15) is 4.39 Å². The Kier molecular flexibility index (Phi) is 5.18. The van der Waals surface area contributed by atoms with Crippen LogP contribution >= 0.6 is 0 Å². The molecule has 20 heavy (non-hydrogen) atoms. The van der Waals surface area contributed by atoms with Crippen LogP contribution in [0, 0.1) is 5.82 Å². The lowest BCUT2D eigenvalue weighted by atomic mass is 10.1. The summed E-state index contributed by atoms with van der Waals surface area (Å²) in [5.41, 5.74) is 0.620. The average Bonchev–Trinajstić information content (AvgIpc) is 2.97. The summed E-state index contributed by atoms with van der Waals surface area (Å²) in [4.78, 5) is 0. The van der Waals surface area contributed by atoms with Crippen molar-refractivity contribution in [1.82, 2.24) is 5.32 Å². The van der Waals surface area contributed by atoms with E-state index < -0.39 is 0 Å². The molecule has 2 rings (SSSR count). The fourth-order valence-corrected chi connectivity index (χ4v) is 2.05. The smallest absolute Gasteiger partial charge is 0.169 e. The Balaban J connectivity index is 1.82. The Morgan fingerprint density at radius 1 is 1.30 bits per heavy atom. The fourth-order valence-electron chi connectivity index (χ4n) is 2.05. The molecule has 1 unspecified atom stereocenters. The van der Waals surface area contributed by atoms with Gasteiger partial charge in [0.15, 0.2) is 11.6 Å². The second kappa shape index (κ2) is 7.10. The van der Waals surface area contributed by atoms with Crippen LogP contribution in [0.25, 0.3) is 0 Å². The van der Waals surface area contributed by atoms with Crippen LogP contribution in [-0.2, 0) is 13.0 Å². The minimum absolute atomic E-state index is 0.283. The number of hydrogen-bond acceptors (Lipinski definition) is 3. The first-order chi connectivity index (χ1) is 9.70. The van der Waals surface area contributed by atoms with Crippen LogP contribution in [0.15, 0.2) is 41.0 Å². The standard InChI is InChI=1S/C16H20FNO2/c1-12(8-9-14-6-4-10-20-14)18-11-13-5-3-7-15(19-2)16(13)17/h3-7,10,12,18H,8-9,11H2,1-2H3. The first kappa shape index (κ1) is 14.6. The van der Waals surface area contributed by atoms with Crippen molar-refractivity contribution in [3.8, 4) is 5.75 Å². The van der Waals surface area contributed by atoms with E-state index in [1.54, 1.807) is 24.5 Å². The summed E-state index contributed by atoms with van der Waals surface area (Å²) in [7, 11) is 1.47. The average molecular weight is 277 g/mol. The number of nitrogens with one attached hydrogen (secondary N) is 1. The molecule has 108 valence electrons. The molecule has 2 aromatic rings. The van der Waals surface area contributed by atoms with Gasteiger partial charge in [-0.05, 0) is 31.5 Å². The van der Waals surface area contributed by atoms with Crippen LogP contribution in [0.1, 0.15) is 24.7 Å². The van der Waals surface area contributed by atoms with Crippen LogP contribution < -0.4 is 10.1 Å². The van der Waals surface area contributed by atoms with Gasteiger partial charge in [0.25, 0.3) is 0 Å². The summed E-state index contributed by atoms with van der Waals surface area (Å²) in [6.45, 7) is 2.57. The fraction of sp³-hybridized carbons (Fsp3) is 0.375. The van der Waals surface area contributed by atoms with Crippen LogP contribution in [-0.4, -0.2) is 13.2 Å². The second-order valence-electron chi connectivity index (χ2n) is 4.83. The summed E-state index contributed by atoms with van der Waals surface area (Å²) >= 11 is 0. The minimum atomic E-state index is -0.291. The van der Waals surface area contributed by atoms with Crippen molar-refractivity contribution in [2.45, 2.75) is 32.4 Å². The van der Waals surface area contributed by atoms with E-state index in [0.717, 1.165) is 18.6 Å². The maximum Gasteiger partial charge on any atom is 0.169 e. The zero-order valence-corrected chi connectivity index (χ0v) is 11.9.